The quantitative estimate of drug-likeness (QED) is 0.779. The van der Waals surface area contributed by atoms with Crippen molar-refractivity contribution in [1.29, 1.82) is 0 Å². The summed E-state index contributed by atoms with van der Waals surface area (Å²) >= 11 is 0. The number of alkyl halides is 3. The van der Waals surface area contributed by atoms with E-state index in [0.29, 0.717) is 18.5 Å². The van der Waals surface area contributed by atoms with Gasteiger partial charge in [0.25, 0.3) is 10.0 Å². The molecule has 6 nitrogen and oxygen atoms in total. The summed E-state index contributed by atoms with van der Waals surface area (Å²) in [7, 11) is -3.96. The van der Waals surface area contributed by atoms with Crippen LogP contribution in [0.1, 0.15) is 25.8 Å². The van der Waals surface area contributed by atoms with Crippen LogP contribution >= 0.6 is 0 Å². The number of hydrogen-bond donors (Lipinski definition) is 1. The number of amides is 1. The first-order valence-corrected chi connectivity index (χ1v) is 10.3. The maximum Gasteiger partial charge on any atom is 0.573 e. The fourth-order valence-corrected chi connectivity index (χ4v) is 4.37. The Bertz CT molecular complexity index is 1020. The van der Waals surface area contributed by atoms with Gasteiger partial charge in [-0.2, -0.15) is 0 Å². The van der Waals surface area contributed by atoms with E-state index >= 15 is 0 Å². The zero-order chi connectivity index (χ0) is 21.4. The number of anilines is 2. The van der Waals surface area contributed by atoms with Crippen LogP contribution in [-0.2, 0) is 21.2 Å². The summed E-state index contributed by atoms with van der Waals surface area (Å²) in [6.45, 7) is 3.66. The molecule has 10 heteroatoms. The molecule has 0 aromatic heterocycles. The van der Waals surface area contributed by atoms with Crippen molar-refractivity contribution in [2.75, 3.05) is 9.62 Å². The summed E-state index contributed by atoms with van der Waals surface area (Å²) in [5.41, 5.74) is 1.53. The van der Waals surface area contributed by atoms with E-state index in [1.165, 1.54) is 24.3 Å². The normalized spacial score (nSPS) is 16.4. The number of carbonyl (C=O) groups is 1. The third-order valence-electron chi connectivity index (χ3n) is 4.49. The molecule has 156 valence electrons. The molecule has 0 aliphatic carbocycles. The molecule has 0 bridgehead atoms. The van der Waals surface area contributed by atoms with Gasteiger partial charge in [0, 0.05) is 23.8 Å². The lowest BCUT2D eigenvalue weighted by molar-refractivity contribution is -0.274. The van der Waals surface area contributed by atoms with Crippen LogP contribution in [0.2, 0.25) is 0 Å². The van der Waals surface area contributed by atoms with Crippen molar-refractivity contribution < 1.29 is 31.1 Å². The summed E-state index contributed by atoms with van der Waals surface area (Å²) in [5.74, 6) is -0.487. The highest BCUT2D eigenvalue weighted by Gasteiger charge is 2.32. The SMILES string of the molecule is CCC(=O)N1c2ccc(S(=O)(=O)Nc3ccc(OC(F)(F)F)cc3)cc2CC1C. The van der Waals surface area contributed by atoms with E-state index in [4.69, 9.17) is 0 Å². The van der Waals surface area contributed by atoms with Gasteiger partial charge in [0.1, 0.15) is 5.75 Å². The van der Waals surface area contributed by atoms with Gasteiger partial charge >= 0.3 is 6.36 Å². The van der Waals surface area contributed by atoms with Gasteiger partial charge in [-0.15, -0.1) is 13.2 Å². The molecule has 0 saturated heterocycles. The van der Waals surface area contributed by atoms with Gasteiger partial charge in [0.05, 0.1) is 4.90 Å². The Kier molecular flexibility index (Phi) is 5.48. The van der Waals surface area contributed by atoms with Crippen molar-refractivity contribution in [3.8, 4) is 5.75 Å². The standard InChI is InChI=1S/C19H19F3N2O4S/c1-3-18(25)24-12(2)10-13-11-16(8-9-17(13)24)29(26,27)23-14-4-6-15(7-5-14)28-19(20,21)22/h4-9,11-12,23H,3,10H2,1-2H3. The van der Waals surface area contributed by atoms with Gasteiger partial charge in [0.15, 0.2) is 0 Å². The van der Waals surface area contributed by atoms with Crippen molar-refractivity contribution in [3.63, 3.8) is 0 Å². The van der Waals surface area contributed by atoms with Crippen LogP contribution in [0.4, 0.5) is 24.5 Å². The second-order valence-corrected chi connectivity index (χ2v) is 8.32. The summed E-state index contributed by atoms with van der Waals surface area (Å²) in [5, 5.41) is 0. The first-order chi connectivity index (χ1) is 13.5. The maximum atomic E-state index is 12.7. The molecule has 0 spiro atoms. The van der Waals surface area contributed by atoms with Crippen LogP contribution in [0.3, 0.4) is 0 Å². The summed E-state index contributed by atoms with van der Waals surface area (Å²) in [4.78, 5) is 13.8. The van der Waals surface area contributed by atoms with Crippen molar-refractivity contribution in [2.24, 2.45) is 0 Å². The number of fused-ring (bicyclic) bond motifs is 1. The minimum Gasteiger partial charge on any atom is -0.406 e. The molecule has 1 heterocycles. The number of sulfonamides is 1. The van der Waals surface area contributed by atoms with E-state index in [-0.39, 0.29) is 22.5 Å². The topological polar surface area (TPSA) is 75.7 Å². The average Bonchev–Trinajstić information content (AvgIpc) is 2.96. The zero-order valence-corrected chi connectivity index (χ0v) is 16.5. The van der Waals surface area contributed by atoms with E-state index < -0.39 is 22.1 Å². The first-order valence-electron chi connectivity index (χ1n) is 8.84. The van der Waals surface area contributed by atoms with Crippen molar-refractivity contribution in [3.05, 3.63) is 48.0 Å². The average molecular weight is 428 g/mol. The van der Waals surface area contributed by atoms with Crippen LogP contribution < -0.4 is 14.4 Å². The monoisotopic (exact) mass is 428 g/mol. The molecular formula is C19H19F3N2O4S. The lowest BCUT2D eigenvalue weighted by Gasteiger charge is -2.22. The summed E-state index contributed by atoms with van der Waals surface area (Å²) < 4.78 is 68.1. The van der Waals surface area contributed by atoms with Crippen molar-refractivity contribution in [2.45, 2.75) is 44.0 Å². The zero-order valence-electron chi connectivity index (χ0n) is 15.7. The van der Waals surface area contributed by atoms with E-state index in [1.54, 1.807) is 17.9 Å². The van der Waals surface area contributed by atoms with Gasteiger partial charge < -0.3 is 9.64 Å². The van der Waals surface area contributed by atoms with Crippen molar-refractivity contribution >= 4 is 27.3 Å². The maximum absolute atomic E-state index is 12.7. The minimum atomic E-state index is -4.82. The Morgan fingerprint density at radius 2 is 1.86 bits per heavy atom. The number of hydrogen-bond acceptors (Lipinski definition) is 4. The minimum absolute atomic E-state index is 0.00451. The number of nitrogens with zero attached hydrogens (tertiary/aromatic N) is 1. The van der Waals surface area contributed by atoms with Gasteiger partial charge in [0.2, 0.25) is 5.91 Å². The highest BCUT2D eigenvalue weighted by Crippen LogP contribution is 2.34. The third-order valence-corrected chi connectivity index (χ3v) is 5.87. The molecule has 3 rings (SSSR count). The second-order valence-electron chi connectivity index (χ2n) is 6.64. The molecule has 1 N–H and O–H groups in total. The Labute approximate surface area is 166 Å². The largest absolute Gasteiger partial charge is 0.573 e. The van der Waals surface area contributed by atoms with Gasteiger partial charge in [-0.1, -0.05) is 6.92 Å². The lowest BCUT2D eigenvalue weighted by atomic mass is 10.1. The smallest absolute Gasteiger partial charge is 0.406 e. The Morgan fingerprint density at radius 3 is 2.45 bits per heavy atom. The van der Waals surface area contributed by atoms with Crippen molar-refractivity contribution in [1.82, 2.24) is 0 Å². The van der Waals surface area contributed by atoms with E-state index in [9.17, 15) is 26.4 Å². The van der Waals surface area contributed by atoms with Gasteiger partial charge in [-0.25, -0.2) is 8.42 Å². The molecule has 29 heavy (non-hydrogen) atoms. The number of rotatable bonds is 5. The predicted octanol–water partition coefficient (Wildman–Crippen LogP) is 4.07. The second kappa shape index (κ2) is 7.58. The number of nitrogens with one attached hydrogen (secondary N) is 1. The predicted molar refractivity (Wildman–Crippen MR) is 101 cm³/mol. The number of halogens is 3. The van der Waals surface area contributed by atoms with Gasteiger partial charge in [-0.3, -0.25) is 9.52 Å². The van der Waals surface area contributed by atoms with E-state index in [0.717, 1.165) is 17.7 Å². The molecule has 0 saturated carbocycles. The number of carbonyl (C=O) groups excluding carboxylic acids is 1. The Balaban J connectivity index is 1.80. The number of ether oxygens (including phenoxy) is 1. The first kappa shape index (κ1) is 21.0. The van der Waals surface area contributed by atoms with Crippen LogP contribution in [0.25, 0.3) is 0 Å². The molecular weight excluding hydrogens is 409 g/mol. The molecule has 1 aliphatic rings. The highest BCUT2D eigenvalue weighted by atomic mass is 32.2. The fourth-order valence-electron chi connectivity index (χ4n) is 3.26. The molecule has 1 amide bonds. The molecule has 1 unspecified atom stereocenters. The van der Waals surface area contributed by atoms with E-state index in [1.807, 2.05) is 6.92 Å². The Morgan fingerprint density at radius 1 is 1.21 bits per heavy atom. The highest BCUT2D eigenvalue weighted by molar-refractivity contribution is 7.92. The van der Waals surface area contributed by atoms with Crippen LogP contribution in [0.15, 0.2) is 47.4 Å². The van der Waals surface area contributed by atoms with Crippen LogP contribution in [0.5, 0.6) is 5.75 Å². The molecule has 0 radical (unpaired) electrons. The third kappa shape index (κ3) is 4.64. The molecule has 0 fully saturated rings. The fraction of sp³-hybridized carbons (Fsp3) is 0.316. The molecule has 2 aromatic carbocycles. The van der Waals surface area contributed by atoms with Gasteiger partial charge in [-0.05, 0) is 61.4 Å². The van der Waals surface area contributed by atoms with E-state index in [2.05, 4.69) is 9.46 Å². The lowest BCUT2D eigenvalue weighted by Crippen LogP contribution is -2.35. The molecule has 1 atom stereocenters. The molecule has 1 aliphatic heterocycles. The van der Waals surface area contributed by atoms with Crippen LogP contribution in [-0.4, -0.2) is 26.7 Å². The molecule has 2 aromatic rings. The Hall–Kier alpha value is -2.75. The number of benzene rings is 2. The van der Waals surface area contributed by atoms with Crippen LogP contribution in [0, 0.1) is 0 Å². The summed E-state index contributed by atoms with van der Waals surface area (Å²) in [6, 6.07) is 8.83. The summed E-state index contributed by atoms with van der Waals surface area (Å²) in [6.07, 6.45) is -3.94.